The quantitative estimate of drug-likeness (QED) is 0.722. The van der Waals surface area contributed by atoms with Crippen LogP contribution in [-0.2, 0) is 11.0 Å². The molecule has 2 aliphatic rings. The molecule has 2 atom stereocenters. The van der Waals surface area contributed by atoms with Crippen molar-refractivity contribution in [2.24, 2.45) is 0 Å². The van der Waals surface area contributed by atoms with E-state index in [1.165, 1.54) is 34.9 Å². The number of amides is 2. The van der Waals surface area contributed by atoms with Gasteiger partial charge in [0, 0.05) is 11.4 Å². The number of rotatable bonds is 3. The molecule has 4 rings (SSSR count). The monoisotopic (exact) mass is 406 g/mol. The number of piperazine rings is 1. The van der Waals surface area contributed by atoms with E-state index in [9.17, 15) is 22.8 Å². The number of benzene rings is 2. The lowest BCUT2D eigenvalue weighted by Crippen LogP contribution is -2.52. The summed E-state index contributed by atoms with van der Waals surface area (Å²) in [5, 5.41) is 0. The lowest BCUT2D eigenvalue weighted by atomic mass is 10.1. The Kier molecular flexibility index (Phi) is 4.61. The number of carbonyl (C=O) groups excluding carboxylic acids is 2. The molecule has 4 nitrogen and oxygen atoms in total. The number of halogens is 3. The van der Waals surface area contributed by atoms with Crippen LogP contribution >= 0.6 is 11.8 Å². The van der Waals surface area contributed by atoms with Gasteiger partial charge in [-0.05, 0) is 36.9 Å². The molecule has 8 heteroatoms. The Morgan fingerprint density at radius 3 is 2.46 bits per heavy atom. The van der Waals surface area contributed by atoms with Crippen LogP contribution in [0.5, 0.6) is 0 Å². The molecule has 2 aromatic rings. The number of alkyl halides is 3. The van der Waals surface area contributed by atoms with E-state index in [0.29, 0.717) is 6.42 Å². The molecule has 2 amide bonds. The minimum atomic E-state index is -4.63. The van der Waals surface area contributed by atoms with E-state index < -0.39 is 29.3 Å². The third-order valence-corrected chi connectivity index (χ3v) is 6.02. The van der Waals surface area contributed by atoms with Crippen LogP contribution in [0.2, 0.25) is 0 Å². The van der Waals surface area contributed by atoms with Gasteiger partial charge in [0.25, 0.3) is 5.91 Å². The standard InChI is InChI=1S/C20H17F3N2O2S/c1-28-17-9-5-4-8-15(17)25-12-10-16(19(25)27)24(11-12)18(26)13-6-2-3-7-14(13)20(21,22)23/h2-9,12,16H,10-11H2,1H3/t12-,16-/m0/s1. The molecular formula is C20H17F3N2O2S. The summed E-state index contributed by atoms with van der Waals surface area (Å²) < 4.78 is 39.8. The summed E-state index contributed by atoms with van der Waals surface area (Å²) in [6.45, 7) is 0.226. The van der Waals surface area contributed by atoms with Crippen molar-refractivity contribution in [1.29, 1.82) is 0 Å². The second-order valence-electron chi connectivity index (χ2n) is 6.79. The lowest BCUT2D eigenvalue weighted by molar-refractivity contribution is -0.138. The number of nitrogens with zero attached hydrogens (tertiary/aromatic N) is 2. The smallest absolute Gasteiger partial charge is 0.324 e. The maximum atomic E-state index is 13.3. The first-order valence-corrected chi connectivity index (χ1v) is 9.98. The molecule has 0 saturated carbocycles. The molecule has 2 heterocycles. The summed E-state index contributed by atoms with van der Waals surface area (Å²) in [6.07, 6.45) is -2.28. The highest BCUT2D eigenvalue weighted by molar-refractivity contribution is 7.98. The number of para-hydroxylation sites is 1. The second kappa shape index (κ2) is 6.84. The zero-order chi connectivity index (χ0) is 20.1. The molecule has 2 fully saturated rings. The highest BCUT2D eigenvalue weighted by atomic mass is 32.2. The van der Waals surface area contributed by atoms with Gasteiger partial charge < -0.3 is 9.80 Å². The van der Waals surface area contributed by atoms with Gasteiger partial charge in [0.05, 0.1) is 22.9 Å². The highest BCUT2D eigenvalue weighted by Crippen LogP contribution is 2.41. The van der Waals surface area contributed by atoms with Gasteiger partial charge in [-0.2, -0.15) is 13.2 Å². The predicted molar refractivity (Wildman–Crippen MR) is 100 cm³/mol. The number of fused-ring (bicyclic) bond motifs is 2. The van der Waals surface area contributed by atoms with Gasteiger partial charge >= 0.3 is 6.18 Å². The molecule has 28 heavy (non-hydrogen) atoms. The van der Waals surface area contributed by atoms with Gasteiger partial charge in [0.1, 0.15) is 6.04 Å². The van der Waals surface area contributed by atoms with E-state index in [2.05, 4.69) is 0 Å². The SMILES string of the molecule is CSc1ccccc1N1C(=O)[C@@H]2C[C@H]1CN2C(=O)c1ccccc1C(F)(F)F. The van der Waals surface area contributed by atoms with Gasteiger partial charge in [0.15, 0.2) is 0 Å². The molecule has 2 bridgehead atoms. The number of carbonyl (C=O) groups is 2. The average molecular weight is 406 g/mol. The second-order valence-corrected chi connectivity index (χ2v) is 7.63. The van der Waals surface area contributed by atoms with Crippen LogP contribution in [0.1, 0.15) is 22.3 Å². The molecule has 0 radical (unpaired) electrons. The average Bonchev–Trinajstić information content (AvgIpc) is 3.25. The summed E-state index contributed by atoms with van der Waals surface area (Å²) in [7, 11) is 0. The fourth-order valence-corrected chi connectivity index (χ4v) is 4.61. The van der Waals surface area contributed by atoms with Crippen LogP contribution in [0.25, 0.3) is 0 Å². The Balaban J connectivity index is 1.63. The maximum absolute atomic E-state index is 13.3. The van der Waals surface area contributed by atoms with Crippen LogP contribution in [0.15, 0.2) is 53.4 Å². The summed E-state index contributed by atoms with van der Waals surface area (Å²) in [5.74, 6) is -0.984. The van der Waals surface area contributed by atoms with Crippen LogP contribution in [0.4, 0.5) is 18.9 Å². The first-order valence-electron chi connectivity index (χ1n) is 8.76. The van der Waals surface area contributed by atoms with E-state index in [4.69, 9.17) is 0 Å². The Morgan fingerprint density at radius 1 is 1.11 bits per heavy atom. The van der Waals surface area contributed by atoms with Gasteiger partial charge in [-0.3, -0.25) is 9.59 Å². The van der Waals surface area contributed by atoms with Crippen LogP contribution < -0.4 is 4.90 Å². The largest absolute Gasteiger partial charge is 0.417 e. The van der Waals surface area contributed by atoms with Crippen LogP contribution in [-0.4, -0.2) is 41.6 Å². The summed E-state index contributed by atoms with van der Waals surface area (Å²) in [4.78, 5) is 29.8. The van der Waals surface area contributed by atoms with Crippen molar-refractivity contribution in [3.63, 3.8) is 0 Å². The fourth-order valence-electron chi connectivity index (χ4n) is 4.02. The number of anilines is 1. The highest BCUT2D eigenvalue weighted by Gasteiger charge is 2.53. The van der Waals surface area contributed by atoms with E-state index in [-0.39, 0.29) is 18.5 Å². The number of hydrogen-bond donors (Lipinski definition) is 0. The van der Waals surface area contributed by atoms with Crippen molar-refractivity contribution < 1.29 is 22.8 Å². The fraction of sp³-hybridized carbons (Fsp3) is 0.300. The summed E-state index contributed by atoms with van der Waals surface area (Å²) >= 11 is 1.52. The summed E-state index contributed by atoms with van der Waals surface area (Å²) in [5.41, 5.74) is -0.596. The summed E-state index contributed by atoms with van der Waals surface area (Å²) in [6, 6.07) is 11.3. The molecule has 2 aromatic carbocycles. The number of likely N-dealkylation sites (tertiary alicyclic amines) is 1. The van der Waals surface area contributed by atoms with Gasteiger partial charge in [-0.1, -0.05) is 24.3 Å². The molecule has 0 unspecified atom stereocenters. The van der Waals surface area contributed by atoms with Crippen LogP contribution in [0, 0.1) is 0 Å². The van der Waals surface area contributed by atoms with Crippen molar-refractivity contribution >= 4 is 29.3 Å². The van der Waals surface area contributed by atoms with Crippen molar-refractivity contribution in [3.05, 3.63) is 59.7 Å². The van der Waals surface area contributed by atoms with E-state index in [1.807, 2.05) is 30.5 Å². The van der Waals surface area contributed by atoms with Crippen molar-refractivity contribution in [2.75, 3.05) is 17.7 Å². The molecule has 2 aliphatic heterocycles. The van der Waals surface area contributed by atoms with Gasteiger partial charge in [0.2, 0.25) is 5.91 Å². The minimum Gasteiger partial charge on any atom is -0.324 e. The first kappa shape index (κ1) is 18.9. The van der Waals surface area contributed by atoms with Crippen molar-refractivity contribution in [2.45, 2.75) is 29.6 Å². The Hall–Kier alpha value is -2.48. The molecule has 0 N–H and O–H groups in total. The Labute approximate surface area is 164 Å². The molecular weight excluding hydrogens is 389 g/mol. The van der Waals surface area contributed by atoms with E-state index in [1.54, 1.807) is 4.90 Å². The first-order chi connectivity index (χ1) is 13.3. The van der Waals surface area contributed by atoms with Gasteiger partial charge in [-0.15, -0.1) is 11.8 Å². The lowest BCUT2D eigenvalue weighted by Gasteiger charge is -2.35. The zero-order valence-electron chi connectivity index (χ0n) is 14.9. The third kappa shape index (κ3) is 2.96. The number of thioether (sulfide) groups is 1. The zero-order valence-corrected chi connectivity index (χ0v) is 15.8. The molecule has 0 aliphatic carbocycles. The van der Waals surface area contributed by atoms with Crippen LogP contribution in [0.3, 0.4) is 0 Å². The van der Waals surface area contributed by atoms with E-state index in [0.717, 1.165) is 16.6 Å². The molecule has 146 valence electrons. The minimum absolute atomic E-state index is 0.226. The van der Waals surface area contributed by atoms with Gasteiger partial charge in [-0.25, -0.2) is 0 Å². The Morgan fingerprint density at radius 2 is 1.79 bits per heavy atom. The molecule has 0 aromatic heterocycles. The van der Waals surface area contributed by atoms with E-state index >= 15 is 0 Å². The molecule has 2 saturated heterocycles. The van der Waals surface area contributed by atoms with Crippen molar-refractivity contribution in [3.8, 4) is 0 Å². The topological polar surface area (TPSA) is 40.6 Å². The third-order valence-electron chi connectivity index (χ3n) is 5.24. The normalized spacial score (nSPS) is 21.5. The Bertz CT molecular complexity index is 947. The van der Waals surface area contributed by atoms with Crippen molar-refractivity contribution in [1.82, 2.24) is 4.90 Å². The molecule has 0 spiro atoms. The predicted octanol–water partition coefficient (Wildman–Crippen LogP) is 4.06. The number of hydrogen-bond acceptors (Lipinski definition) is 3. The maximum Gasteiger partial charge on any atom is 0.417 e.